The summed E-state index contributed by atoms with van der Waals surface area (Å²) < 4.78 is 54.8. The first kappa shape index (κ1) is 24.8. The summed E-state index contributed by atoms with van der Waals surface area (Å²) in [5, 5.41) is 10.7. The molecule has 0 saturated carbocycles. The van der Waals surface area contributed by atoms with Gasteiger partial charge in [0.1, 0.15) is 0 Å². The number of anilines is 1. The van der Waals surface area contributed by atoms with Crippen LogP contribution in [0.3, 0.4) is 0 Å². The molecule has 0 aromatic heterocycles. The van der Waals surface area contributed by atoms with Crippen molar-refractivity contribution < 1.29 is 21.8 Å². The molecule has 31 heavy (non-hydrogen) atoms. The molecule has 11 heteroatoms. The summed E-state index contributed by atoms with van der Waals surface area (Å²) in [6.45, 7) is 4.87. The summed E-state index contributed by atoms with van der Waals surface area (Å²) in [7, 11) is -7.66. The number of sulfonamides is 2. The largest absolute Gasteiger partial charge is 0.280 e. The Morgan fingerprint density at radius 1 is 0.839 bits per heavy atom. The lowest BCUT2D eigenvalue weighted by Gasteiger charge is -2.22. The normalized spacial score (nSPS) is 12.1. The van der Waals surface area contributed by atoms with E-state index in [9.17, 15) is 26.9 Å². The summed E-state index contributed by atoms with van der Waals surface area (Å²) >= 11 is 0. The standard InChI is InChI=1S/C20H27N3O6S2/c1-3-5-15-22(16-6-4-2)31(28,29)20-11-7-17(8-12-20)21-30(26,27)19-13-9-18(10-14-19)23(24)25/h7-14,21H,3-6,15-16H2,1-2H3. The van der Waals surface area contributed by atoms with E-state index in [0.717, 1.165) is 49.9 Å². The van der Waals surface area contributed by atoms with E-state index < -0.39 is 25.0 Å². The van der Waals surface area contributed by atoms with Gasteiger partial charge in [-0.05, 0) is 49.2 Å². The molecule has 0 radical (unpaired) electrons. The van der Waals surface area contributed by atoms with Gasteiger partial charge in [0, 0.05) is 30.9 Å². The summed E-state index contributed by atoms with van der Waals surface area (Å²) in [5.74, 6) is 0. The van der Waals surface area contributed by atoms with E-state index in [2.05, 4.69) is 4.72 Å². The highest BCUT2D eigenvalue weighted by molar-refractivity contribution is 7.92. The predicted octanol–water partition coefficient (Wildman–Crippen LogP) is 3.99. The molecule has 2 aromatic carbocycles. The number of non-ortho nitro benzene ring substituents is 1. The van der Waals surface area contributed by atoms with Crippen LogP contribution in [0.15, 0.2) is 58.3 Å². The minimum atomic E-state index is -3.98. The molecule has 2 rings (SSSR count). The first-order valence-corrected chi connectivity index (χ1v) is 12.9. The van der Waals surface area contributed by atoms with Crippen molar-refractivity contribution in [3.63, 3.8) is 0 Å². The van der Waals surface area contributed by atoms with Gasteiger partial charge in [-0.1, -0.05) is 26.7 Å². The molecule has 0 spiro atoms. The Hall–Kier alpha value is -2.50. The van der Waals surface area contributed by atoms with E-state index in [1.807, 2.05) is 13.8 Å². The first-order chi connectivity index (χ1) is 14.6. The van der Waals surface area contributed by atoms with Gasteiger partial charge in [0.2, 0.25) is 10.0 Å². The third-order valence-corrected chi connectivity index (χ3v) is 7.93. The summed E-state index contributed by atoms with van der Waals surface area (Å²) in [5.41, 5.74) is -0.0322. The Kier molecular flexibility index (Phi) is 8.54. The molecule has 0 aliphatic heterocycles. The number of nitrogens with zero attached hydrogens (tertiary/aromatic N) is 2. The fourth-order valence-corrected chi connectivity index (χ4v) is 5.40. The average molecular weight is 470 g/mol. The van der Waals surface area contributed by atoms with Crippen LogP contribution in [-0.4, -0.2) is 39.2 Å². The lowest BCUT2D eigenvalue weighted by molar-refractivity contribution is -0.384. The molecular formula is C20H27N3O6S2. The lowest BCUT2D eigenvalue weighted by atomic mass is 10.3. The van der Waals surface area contributed by atoms with E-state index in [4.69, 9.17) is 0 Å². The maximum absolute atomic E-state index is 13.0. The molecule has 0 heterocycles. The summed E-state index contributed by atoms with van der Waals surface area (Å²) in [6, 6.07) is 9.98. The molecule has 0 fully saturated rings. The van der Waals surface area contributed by atoms with Crippen LogP contribution in [0.1, 0.15) is 39.5 Å². The van der Waals surface area contributed by atoms with E-state index in [0.29, 0.717) is 13.1 Å². The second-order valence-electron chi connectivity index (χ2n) is 6.99. The van der Waals surface area contributed by atoms with Gasteiger partial charge in [0.05, 0.1) is 14.7 Å². The van der Waals surface area contributed by atoms with Crippen LogP contribution in [0, 0.1) is 10.1 Å². The Morgan fingerprint density at radius 2 is 1.32 bits per heavy atom. The third-order valence-electron chi connectivity index (χ3n) is 4.62. The van der Waals surface area contributed by atoms with Crippen LogP contribution in [0.5, 0.6) is 0 Å². The van der Waals surface area contributed by atoms with Gasteiger partial charge in [-0.25, -0.2) is 16.8 Å². The fraction of sp³-hybridized carbons (Fsp3) is 0.400. The second kappa shape index (κ2) is 10.7. The highest BCUT2D eigenvalue weighted by Gasteiger charge is 2.24. The maximum atomic E-state index is 13.0. The molecular weight excluding hydrogens is 442 g/mol. The summed E-state index contributed by atoms with van der Waals surface area (Å²) in [4.78, 5) is 10.1. The number of benzene rings is 2. The molecule has 2 aromatic rings. The van der Waals surface area contributed by atoms with Gasteiger partial charge in [-0.2, -0.15) is 4.31 Å². The number of nitro groups is 1. The van der Waals surface area contributed by atoms with Crippen LogP contribution in [-0.2, 0) is 20.0 Å². The van der Waals surface area contributed by atoms with E-state index in [-0.39, 0.29) is 21.2 Å². The zero-order chi connectivity index (χ0) is 23.1. The zero-order valence-corrected chi connectivity index (χ0v) is 19.2. The van der Waals surface area contributed by atoms with Crippen molar-refractivity contribution in [1.29, 1.82) is 0 Å². The van der Waals surface area contributed by atoms with Crippen LogP contribution in [0.4, 0.5) is 11.4 Å². The Morgan fingerprint density at radius 3 is 1.77 bits per heavy atom. The van der Waals surface area contributed by atoms with Crippen molar-refractivity contribution in [1.82, 2.24) is 4.31 Å². The van der Waals surface area contributed by atoms with E-state index >= 15 is 0 Å². The molecule has 0 aliphatic rings. The molecule has 0 bridgehead atoms. The van der Waals surface area contributed by atoms with Crippen LogP contribution < -0.4 is 4.72 Å². The van der Waals surface area contributed by atoms with Crippen molar-refractivity contribution >= 4 is 31.4 Å². The molecule has 0 atom stereocenters. The van der Waals surface area contributed by atoms with Gasteiger partial charge in [0.25, 0.3) is 15.7 Å². The monoisotopic (exact) mass is 469 g/mol. The number of nitrogens with one attached hydrogen (secondary N) is 1. The highest BCUT2D eigenvalue weighted by atomic mass is 32.2. The zero-order valence-electron chi connectivity index (χ0n) is 17.5. The quantitative estimate of drug-likeness (QED) is 0.370. The van der Waals surface area contributed by atoms with Crippen molar-refractivity contribution in [3.05, 3.63) is 58.6 Å². The molecule has 170 valence electrons. The number of nitro benzene ring substituents is 1. The van der Waals surface area contributed by atoms with Gasteiger partial charge < -0.3 is 0 Å². The molecule has 0 amide bonds. The molecule has 1 N–H and O–H groups in total. The SMILES string of the molecule is CCCCN(CCCC)S(=O)(=O)c1ccc(NS(=O)(=O)c2ccc([N+](=O)[O-])cc2)cc1. The van der Waals surface area contributed by atoms with Crippen LogP contribution in [0.2, 0.25) is 0 Å². The molecule has 0 unspecified atom stereocenters. The second-order valence-corrected chi connectivity index (χ2v) is 10.6. The topological polar surface area (TPSA) is 127 Å². The van der Waals surface area contributed by atoms with Gasteiger partial charge in [-0.15, -0.1) is 0 Å². The Balaban J connectivity index is 2.20. The fourth-order valence-electron chi connectivity index (χ4n) is 2.83. The van der Waals surface area contributed by atoms with Gasteiger partial charge >= 0.3 is 0 Å². The van der Waals surface area contributed by atoms with Crippen molar-refractivity contribution in [2.24, 2.45) is 0 Å². The Bertz CT molecular complexity index is 1070. The maximum Gasteiger partial charge on any atom is 0.269 e. The number of unbranched alkanes of at least 4 members (excludes halogenated alkanes) is 2. The number of rotatable bonds is 12. The number of hydrogen-bond donors (Lipinski definition) is 1. The first-order valence-electron chi connectivity index (χ1n) is 9.99. The van der Waals surface area contributed by atoms with Crippen LogP contribution >= 0.6 is 0 Å². The smallest absolute Gasteiger partial charge is 0.269 e. The van der Waals surface area contributed by atoms with Gasteiger partial charge in [-0.3, -0.25) is 14.8 Å². The average Bonchev–Trinajstić information content (AvgIpc) is 2.74. The van der Waals surface area contributed by atoms with Crippen molar-refractivity contribution in [2.75, 3.05) is 17.8 Å². The van der Waals surface area contributed by atoms with Crippen molar-refractivity contribution in [2.45, 2.75) is 49.3 Å². The Labute approximate surface area is 183 Å². The minimum Gasteiger partial charge on any atom is -0.280 e. The predicted molar refractivity (Wildman–Crippen MR) is 119 cm³/mol. The minimum absolute atomic E-state index is 0.0954. The lowest BCUT2D eigenvalue weighted by Crippen LogP contribution is -2.33. The van der Waals surface area contributed by atoms with Crippen molar-refractivity contribution in [3.8, 4) is 0 Å². The van der Waals surface area contributed by atoms with E-state index in [1.54, 1.807) is 0 Å². The number of hydrogen-bond acceptors (Lipinski definition) is 6. The third kappa shape index (κ3) is 6.49. The van der Waals surface area contributed by atoms with Gasteiger partial charge in [0.15, 0.2) is 0 Å². The highest BCUT2D eigenvalue weighted by Crippen LogP contribution is 2.22. The van der Waals surface area contributed by atoms with E-state index in [1.165, 1.54) is 28.6 Å². The molecule has 0 saturated heterocycles. The summed E-state index contributed by atoms with van der Waals surface area (Å²) in [6.07, 6.45) is 3.27. The molecule has 9 nitrogen and oxygen atoms in total. The van der Waals surface area contributed by atoms with Crippen LogP contribution in [0.25, 0.3) is 0 Å². The molecule has 0 aliphatic carbocycles.